The molecule has 138 valence electrons. The Morgan fingerprint density at radius 1 is 1.23 bits per heavy atom. The molecule has 1 N–H and O–H groups in total. The van der Waals surface area contributed by atoms with E-state index < -0.39 is 10.0 Å². The molecular formula is C18H20N2O3S3. The lowest BCUT2D eigenvalue weighted by molar-refractivity contribution is 0.0624. The summed E-state index contributed by atoms with van der Waals surface area (Å²) in [5.41, 5.74) is 0. The molecule has 26 heavy (non-hydrogen) atoms. The van der Waals surface area contributed by atoms with Gasteiger partial charge in [0.25, 0.3) is 5.91 Å². The zero-order valence-corrected chi connectivity index (χ0v) is 16.8. The highest BCUT2D eigenvalue weighted by Gasteiger charge is 2.29. The van der Waals surface area contributed by atoms with Crippen molar-refractivity contribution in [1.29, 1.82) is 0 Å². The lowest BCUT2D eigenvalue weighted by atomic mass is 10.0. The number of amides is 1. The number of benzene rings is 1. The number of thiophene rings is 2. The predicted octanol–water partition coefficient (Wildman–Crippen LogP) is 3.66. The monoisotopic (exact) mass is 408 g/mol. The second kappa shape index (κ2) is 6.92. The Hall–Kier alpha value is -1.48. The molecular weight excluding hydrogens is 388 g/mol. The minimum Gasteiger partial charge on any atom is -0.334 e. The van der Waals surface area contributed by atoms with Crippen LogP contribution in [0.25, 0.3) is 19.5 Å². The molecule has 1 amide bonds. The fraction of sp³-hybridized carbons (Fsp3) is 0.389. The molecule has 0 unspecified atom stereocenters. The highest BCUT2D eigenvalue weighted by molar-refractivity contribution is 7.88. The van der Waals surface area contributed by atoms with Gasteiger partial charge in [-0.1, -0.05) is 18.2 Å². The van der Waals surface area contributed by atoms with Crippen LogP contribution in [0.2, 0.25) is 0 Å². The minimum atomic E-state index is -3.26. The van der Waals surface area contributed by atoms with Gasteiger partial charge in [-0.15, -0.1) is 22.7 Å². The van der Waals surface area contributed by atoms with Crippen molar-refractivity contribution in [3.8, 4) is 0 Å². The lowest BCUT2D eigenvalue weighted by Gasteiger charge is -2.35. The van der Waals surface area contributed by atoms with E-state index in [9.17, 15) is 13.2 Å². The van der Waals surface area contributed by atoms with Crippen molar-refractivity contribution in [3.63, 3.8) is 0 Å². The lowest BCUT2D eigenvalue weighted by Crippen LogP contribution is -2.49. The van der Waals surface area contributed by atoms with Crippen molar-refractivity contribution in [2.45, 2.75) is 25.3 Å². The van der Waals surface area contributed by atoms with E-state index in [0.29, 0.717) is 6.54 Å². The molecule has 1 saturated heterocycles. The molecule has 1 aliphatic rings. The number of piperidine rings is 1. The maximum atomic E-state index is 13.1. The average molecular weight is 409 g/mol. The topological polar surface area (TPSA) is 66.5 Å². The third-order valence-electron chi connectivity index (χ3n) is 4.73. The summed E-state index contributed by atoms with van der Waals surface area (Å²) in [4.78, 5) is 15.7. The van der Waals surface area contributed by atoms with E-state index in [0.717, 1.165) is 39.8 Å². The molecule has 1 aliphatic heterocycles. The van der Waals surface area contributed by atoms with Crippen LogP contribution in [0.5, 0.6) is 0 Å². The number of carbonyl (C=O) groups excluding carboxylic acids is 1. The van der Waals surface area contributed by atoms with Crippen molar-refractivity contribution in [1.82, 2.24) is 9.62 Å². The van der Waals surface area contributed by atoms with Gasteiger partial charge in [0.1, 0.15) is 0 Å². The third-order valence-corrected chi connectivity index (χ3v) is 7.82. The molecule has 1 aromatic carbocycles. The van der Waals surface area contributed by atoms with Crippen molar-refractivity contribution in [2.24, 2.45) is 0 Å². The van der Waals surface area contributed by atoms with Crippen LogP contribution in [-0.4, -0.2) is 44.6 Å². The number of rotatable bonds is 4. The Kier molecular flexibility index (Phi) is 4.77. The van der Waals surface area contributed by atoms with E-state index in [1.165, 1.54) is 10.1 Å². The Balaban J connectivity index is 1.61. The molecule has 0 radical (unpaired) electrons. The summed E-state index contributed by atoms with van der Waals surface area (Å²) in [5, 5.41) is 1.20. The molecule has 0 saturated carbocycles. The maximum Gasteiger partial charge on any atom is 0.264 e. The quantitative estimate of drug-likeness (QED) is 0.716. The molecule has 0 bridgehead atoms. The molecule has 0 aliphatic carbocycles. The standard InChI is InChI=1S/C18H20N2O3S3/c1-26(22,23)19-11-12-6-4-5-9-20(12)18(21)16-10-15-17(25-16)13-7-2-3-8-14(13)24-15/h2-3,7-8,10,12,19H,4-6,9,11H2,1H3/t12-/m1/s1. The third kappa shape index (κ3) is 3.51. The van der Waals surface area contributed by atoms with Crippen molar-refractivity contribution < 1.29 is 13.2 Å². The van der Waals surface area contributed by atoms with Crippen molar-refractivity contribution in [2.75, 3.05) is 19.3 Å². The number of hydrogen-bond acceptors (Lipinski definition) is 5. The molecule has 1 fully saturated rings. The largest absolute Gasteiger partial charge is 0.334 e. The van der Waals surface area contributed by atoms with Gasteiger partial charge in [-0.25, -0.2) is 13.1 Å². The van der Waals surface area contributed by atoms with Gasteiger partial charge in [0.2, 0.25) is 10.0 Å². The van der Waals surface area contributed by atoms with E-state index in [1.807, 2.05) is 23.1 Å². The van der Waals surface area contributed by atoms with Gasteiger partial charge in [-0.2, -0.15) is 0 Å². The highest BCUT2D eigenvalue weighted by atomic mass is 32.2. The van der Waals surface area contributed by atoms with Gasteiger partial charge in [-0.3, -0.25) is 4.79 Å². The zero-order valence-electron chi connectivity index (χ0n) is 14.4. The zero-order chi connectivity index (χ0) is 18.3. The number of nitrogens with zero attached hydrogens (tertiary/aromatic N) is 1. The molecule has 3 heterocycles. The fourth-order valence-corrected chi connectivity index (χ4v) is 6.45. The number of fused-ring (bicyclic) bond motifs is 3. The first-order valence-electron chi connectivity index (χ1n) is 8.59. The van der Waals surface area contributed by atoms with Crippen LogP contribution in [0.1, 0.15) is 28.9 Å². The number of likely N-dealkylation sites (tertiary alicyclic amines) is 1. The van der Waals surface area contributed by atoms with Crippen LogP contribution in [0.4, 0.5) is 0 Å². The molecule has 0 spiro atoms. The van der Waals surface area contributed by atoms with Crippen LogP contribution in [0.15, 0.2) is 30.3 Å². The van der Waals surface area contributed by atoms with Crippen molar-refractivity contribution >= 4 is 58.1 Å². The SMILES string of the molecule is CS(=O)(=O)NC[C@H]1CCCCN1C(=O)c1cc2sc3ccccc3c2s1. The second-order valence-corrected chi connectivity index (χ2v) is 10.6. The first kappa shape index (κ1) is 17.9. The first-order valence-corrected chi connectivity index (χ1v) is 12.1. The highest BCUT2D eigenvalue weighted by Crippen LogP contribution is 2.39. The molecule has 8 heteroatoms. The van der Waals surface area contributed by atoms with E-state index in [4.69, 9.17) is 0 Å². The maximum absolute atomic E-state index is 13.1. The summed E-state index contributed by atoms with van der Waals surface area (Å²) in [7, 11) is -3.26. The van der Waals surface area contributed by atoms with Crippen LogP contribution in [0.3, 0.4) is 0 Å². The van der Waals surface area contributed by atoms with Crippen LogP contribution in [-0.2, 0) is 10.0 Å². The Labute approximate surface area is 160 Å². The Morgan fingerprint density at radius 2 is 2.04 bits per heavy atom. The summed E-state index contributed by atoms with van der Waals surface area (Å²) < 4.78 is 28.9. The molecule has 4 rings (SSSR count). The van der Waals surface area contributed by atoms with Crippen LogP contribution < -0.4 is 4.72 Å². The Morgan fingerprint density at radius 3 is 2.85 bits per heavy atom. The molecule has 2 aromatic heterocycles. The fourth-order valence-electron chi connectivity index (χ4n) is 3.47. The van der Waals surface area contributed by atoms with Gasteiger partial charge < -0.3 is 4.90 Å². The number of sulfonamides is 1. The smallest absolute Gasteiger partial charge is 0.264 e. The molecule has 3 aromatic rings. The van der Waals surface area contributed by atoms with E-state index in [-0.39, 0.29) is 18.5 Å². The van der Waals surface area contributed by atoms with Crippen LogP contribution in [0, 0.1) is 0 Å². The van der Waals surface area contributed by atoms with E-state index in [2.05, 4.69) is 16.9 Å². The second-order valence-electron chi connectivity index (χ2n) is 6.67. The van der Waals surface area contributed by atoms with Gasteiger partial charge in [0.05, 0.1) is 15.8 Å². The summed E-state index contributed by atoms with van der Waals surface area (Å²) in [5.74, 6) is 0.0162. The van der Waals surface area contributed by atoms with Gasteiger partial charge in [0, 0.05) is 33.9 Å². The Bertz CT molecular complexity index is 1070. The van der Waals surface area contributed by atoms with Gasteiger partial charge >= 0.3 is 0 Å². The first-order chi connectivity index (χ1) is 12.4. The number of nitrogens with one attached hydrogen (secondary N) is 1. The normalized spacial score (nSPS) is 18.7. The summed E-state index contributed by atoms with van der Waals surface area (Å²) >= 11 is 3.25. The summed E-state index contributed by atoms with van der Waals surface area (Å²) in [6, 6.07) is 10.2. The van der Waals surface area contributed by atoms with Gasteiger partial charge in [-0.05, 0) is 31.4 Å². The minimum absolute atomic E-state index is 0.0162. The van der Waals surface area contributed by atoms with Crippen molar-refractivity contribution in [3.05, 3.63) is 35.2 Å². The van der Waals surface area contributed by atoms with E-state index in [1.54, 1.807) is 22.7 Å². The van der Waals surface area contributed by atoms with Gasteiger partial charge in [0.15, 0.2) is 0 Å². The average Bonchev–Trinajstić information content (AvgIpc) is 3.17. The summed E-state index contributed by atoms with van der Waals surface area (Å²) in [6.45, 7) is 0.967. The van der Waals surface area contributed by atoms with E-state index >= 15 is 0 Å². The molecule has 1 atom stereocenters. The van der Waals surface area contributed by atoms with Crippen LogP contribution >= 0.6 is 22.7 Å². The number of hydrogen-bond donors (Lipinski definition) is 1. The summed E-state index contributed by atoms with van der Waals surface area (Å²) in [6.07, 6.45) is 3.96. The number of carbonyl (C=O) groups is 1. The molecule has 5 nitrogen and oxygen atoms in total. The predicted molar refractivity (Wildman–Crippen MR) is 109 cm³/mol.